The van der Waals surface area contributed by atoms with E-state index in [1.807, 2.05) is 12.3 Å². The molecule has 2 aromatic heterocycles. The predicted octanol–water partition coefficient (Wildman–Crippen LogP) is 6.70. The number of anilines is 1. The minimum Gasteiger partial charge on any atom is -0.350 e. The minimum atomic E-state index is -4.33. The number of benzene rings is 2. The molecule has 0 amide bonds. The maximum atomic E-state index is 13.0. The topological polar surface area (TPSA) is 21.1 Å². The van der Waals surface area contributed by atoms with Crippen LogP contribution in [0.4, 0.5) is 19.0 Å². The van der Waals surface area contributed by atoms with E-state index in [0.717, 1.165) is 59.6 Å². The average molecular weight is 472 g/mol. The van der Waals surface area contributed by atoms with Gasteiger partial charge in [0, 0.05) is 36.9 Å². The molecule has 0 N–H and O–H groups in total. The molecule has 0 saturated heterocycles. The molecule has 1 aliphatic heterocycles. The van der Waals surface area contributed by atoms with Gasteiger partial charge in [0.25, 0.3) is 0 Å². The van der Waals surface area contributed by atoms with Crippen molar-refractivity contribution in [3.8, 4) is 0 Å². The van der Waals surface area contributed by atoms with Crippen molar-refractivity contribution in [3.63, 3.8) is 0 Å². The van der Waals surface area contributed by atoms with Crippen LogP contribution < -0.4 is 4.90 Å². The second-order valence-electron chi connectivity index (χ2n) is 8.46. The summed E-state index contributed by atoms with van der Waals surface area (Å²) in [6.45, 7) is 6.33. The standard InChI is InChI=1S/C26H24F3N3.ClH/c1-17-18(2)32(15-19-7-9-22(10-8-19)26(27,28)29)24-23(17)11-13-30-25(24)31-14-12-20-5-3-4-6-21(20)16-31;/h3-11,13H,12,14-16H2,1-2H3;1H. The minimum absolute atomic E-state index is 0. The zero-order valence-corrected chi connectivity index (χ0v) is 19.3. The molecule has 0 aliphatic carbocycles. The van der Waals surface area contributed by atoms with Gasteiger partial charge in [0.15, 0.2) is 5.82 Å². The molecule has 7 heteroatoms. The van der Waals surface area contributed by atoms with E-state index in [1.54, 1.807) is 12.1 Å². The van der Waals surface area contributed by atoms with Gasteiger partial charge in [-0.2, -0.15) is 13.2 Å². The van der Waals surface area contributed by atoms with Crippen LogP contribution in [0.25, 0.3) is 10.9 Å². The first-order valence-corrected chi connectivity index (χ1v) is 10.7. The molecule has 5 rings (SSSR count). The molecule has 0 unspecified atom stereocenters. The second kappa shape index (κ2) is 8.75. The first-order chi connectivity index (χ1) is 15.3. The third kappa shape index (κ3) is 4.20. The number of fused-ring (bicyclic) bond motifs is 2. The van der Waals surface area contributed by atoms with Crippen LogP contribution in [0.15, 0.2) is 60.8 Å². The van der Waals surface area contributed by atoms with Gasteiger partial charge >= 0.3 is 6.18 Å². The number of alkyl halides is 3. The lowest BCUT2D eigenvalue weighted by atomic mass is 10.00. The van der Waals surface area contributed by atoms with Crippen molar-refractivity contribution in [1.29, 1.82) is 0 Å². The van der Waals surface area contributed by atoms with Crippen LogP contribution >= 0.6 is 12.4 Å². The lowest BCUT2D eigenvalue weighted by Crippen LogP contribution is -2.31. The molecule has 2 aromatic carbocycles. The molecule has 0 saturated carbocycles. The molecule has 0 bridgehead atoms. The Labute approximate surface area is 197 Å². The summed E-state index contributed by atoms with van der Waals surface area (Å²) in [4.78, 5) is 7.08. The summed E-state index contributed by atoms with van der Waals surface area (Å²) in [5, 5.41) is 1.14. The van der Waals surface area contributed by atoms with E-state index >= 15 is 0 Å². The summed E-state index contributed by atoms with van der Waals surface area (Å²) < 4.78 is 41.1. The fourth-order valence-electron chi connectivity index (χ4n) is 4.66. The van der Waals surface area contributed by atoms with E-state index in [1.165, 1.54) is 16.7 Å². The van der Waals surface area contributed by atoms with Crippen molar-refractivity contribution in [2.45, 2.75) is 39.5 Å². The average Bonchev–Trinajstić information content (AvgIpc) is 3.03. The fraction of sp³-hybridized carbons (Fsp3) is 0.269. The van der Waals surface area contributed by atoms with Crippen LogP contribution in [0, 0.1) is 13.8 Å². The highest BCUT2D eigenvalue weighted by molar-refractivity contribution is 5.93. The molecule has 172 valence electrons. The number of hydrogen-bond acceptors (Lipinski definition) is 2. The third-order valence-electron chi connectivity index (χ3n) is 6.58. The van der Waals surface area contributed by atoms with E-state index in [4.69, 9.17) is 4.98 Å². The Hall–Kier alpha value is -2.99. The lowest BCUT2D eigenvalue weighted by Gasteiger charge is -2.30. The van der Waals surface area contributed by atoms with Crippen LogP contribution in [0.5, 0.6) is 0 Å². The van der Waals surface area contributed by atoms with Gasteiger partial charge in [-0.25, -0.2) is 4.98 Å². The Balaban J connectivity index is 0.00000259. The van der Waals surface area contributed by atoms with Crippen LogP contribution in [0.3, 0.4) is 0 Å². The predicted molar refractivity (Wildman–Crippen MR) is 128 cm³/mol. The maximum absolute atomic E-state index is 13.0. The Bertz CT molecular complexity index is 1290. The molecular weight excluding hydrogens is 447 g/mol. The monoisotopic (exact) mass is 471 g/mol. The van der Waals surface area contributed by atoms with E-state index in [9.17, 15) is 13.2 Å². The summed E-state index contributed by atoms with van der Waals surface area (Å²) in [5.74, 6) is 0.931. The van der Waals surface area contributed by atoms with Gasteiger partial charge in [0.1, 0.15) is 0 Å². The summed E-state index contributed by atoms with van der Waals surface area (Å²) in [6.07, 6.45) is -1.51. The van der Waals surface area contributed by atoms with Crippen LogP contribution in [0.2, 0.25) is 0 Å². The summed E-state index contributed by atoms with van der Waals surface area (Å²) in [7, 11) is 0. The molecule has 0 spiro atoms. The fourth-order valence-corrected chi connectivity index (χ4v) is 4.66. The SMILES string of the molecule is Cc1c(C)n(Cc2ccc(C(F)(F)F)cc2)c2c(N3CCc4ccccc4C3)nccc12.Cl. The molecule has 1 aliphatic rings. The quantitative estimate of drug-likeness (QED) is 0.331. The van der Waals surface area contributed by atoms with Crippen molar-refractivity contribution < 1.29 is 13.2 Å². The second-order valence-corrected chi connectivity index (χ2v) is 8.46. The summed E-state index contributed by atoms with van der Waals surface area (Å²) in [6, 6.07) is 16.0. The summed E-state index contributed by atoms with van der Waals surface area (Å²) in [5.41, 5.74) is 6.22. The number of rotatable bonds is 3. The zero-order chi connectivity index (χ0) is 22.5. The molecule has 3 heterocycles. The van der Waals surface area contributed by atoms with Crippen molar-refractivity contribution in [2.24, 2.45) is 0 Å². The highest BCUT2D eigenvalue weighted by atomic mass is 35.5. The van der Waals surface area contributed by atoms with Crippen molar-refractivity contribution in [1.82, 2.24) is 9.55 Å². The number of hydrogen-bond donors (Lipinski definition) is 0. The molecule has 0 fully saturated rings. The largest absolute Gasteiger partial charge is 0.416 e. The van der Waals surface area contributed by atoms with Gasteiger partial charge in [0.05, 0.1) is 11.1 Å². The van der Waals surface area contributed by atoms with Crippen molar-refractivity contribution in [3.05, 3.63) is 94.3 Å². The highest BCUT2D eigenvalue weighted by Gasteiger charge is 2.30. The van der Waals surface area contributed by atoms with Crippen LogP contribution in [0.1, 0.15) is 33.5 Å². The van der Waals surface area contributed by atoms with Gasteiger partial charge in [-0.05, 0) is 60.7 Å². The molecule has 0 atom stereocenters. The Morgan fingerprint density at radius 2 is 1.64 bits per heavy atom. The number of nitrogens with zero attached hydrogens (tertiary/aromatic N) is 3. The van der Waals surface area contributed by atoms with Gasteiger partial charge < -0.3 is 9.47 Å². The first-order valence-electron chi connectivity index (χ1n) is 10.7. The normalized spacial score (nSPS) is 13.7. The van der Waals surface area contributed by atoms with E-state index in [2.05, 4.69) is 47.6 Å². The molecule has 3 nitrogen and oxygen atoms in total. The maximum Gasteiger partial charge on any atom is 0.416 e. The zero-order valence-electron chi connectivity index (χ0n) is 18.5. The van der Waals surface area contributed by atoms with E-state index in [0.29, 0.717) is 6.54 Å². The lowest BCUT2D eigenvalue weighted by molar-refractivity contribution is -0.137. The molecular formula is C26H25ClF3N3. The Kier molecular flexibility index (Phi) is 6.14. The Morgan fingerprint density at radius 1 is 0.939 bits per heavy atom. The number of aromatic nitrogens is 2. The Morgan fingerprint density at radius 3 is 2.33 bits per heavy atom. The smallest absolute Gasteiger partial charge is 0.350 e. The van der Waals surface area contributed by atoms with Crippen molar-refractivity contribution in [2.75, 3.05) is 11.4 Å². The third-order valence-corrected chi connectivity index (χ3v) is 6.58. The van der Waals surface area contributed by atoms with Gasteiger partial charge in [0.2, 0.25) is 0 Å². The summed E-state index contributed by atoms with van der Waals surface area (Å²) >= 11 is 0. The number of halogens is 4. The van der Waals surface area contributed by atoms with Crippen molar-refractivity contribution >= 4 is 29.1 Å². The van der Waals surface area contributed by atoms with Gasteiger partial charge in [-0.3, -0.25) is 0 Å². The number of pyridine rings is 1. The molecule has 0 radical (unpaired) electrons. The first kappa shape index (κ1) is 23.2. The molecule has 4 aromatic rings. The van der Waals surface area contributed by atoms with Crippen LogP contribution in [-0.2, 0) is 25.7 Å². The van der Waals surface area contributed by atoms with Crippen LogP contribution in [-0.4, -0.2) is 16.1 Å². The highest BCUT2D eigenvalue weighted by Crippen LogP contribution is 2.35. The molecule has 33 heavy (non-hydrogen) atoms. The van der Waals surface area contributed by atoms with E-state index < -0.39 is 11.7 Å². The van der Waals surface area contributed by atoms with Gasteiger partial charge in [-0.1, -0.05) is 36.4 Å². The number of aryl methyl sites for hydroxylation is 1. The van der Waals surface area contributed by atoms with E-state index in [-0.39, 0.29) is 12.4 Å². The van der Waals surface area contributed by atoms with Gasteiger partial charge in [-0.15, -0.1) is 12.4 Å².